The van der Waals surface area contributed by atoms with E-state index in [4.69, 9.17) is 0 Å². The number of hydrogen-bond donors (Lipinski definition) is 1. The van der Waals surface area contributed by atoms with E-state index in [0.29, 0.717) is 11.4 Å². The summed E-state index contributed by atoms with van der Waals surface area (Å²) in [5.74, 6) is 1.54. The maximum Gasteiger partial charge on any atom is 0.251 e. The van der Waals surface area contributed by atoms with Crippen LogP contribution in [-0.2, 0) is 14.4 Å². The van der Waals surface area contributed by atoms with E-state index in [9.17, 15) is 14.4 Å². The normalized spacial score (nSPS) is 22.5. The number of benzene rings is 1. The Morgan fingerprint density at radius 1 is 1.17 bits per heavy atom. The molecule has 2 aliphatic rings. The van der Waals surface area contributed by atoms with E-state index < -0.39 is 0 Å². The molecule has 3 amide bonds. The molecule has 122 valence electrons. The van der Waals surface area contributed by atoms with Crippen LogP contribution in [0.1, 0.15) is 13.3 Å². The maximum atomic E-state index is 12.7. The topological polar surface area (TPSA) is 69.7 Å². The van der Waals surface area contributed by atoms with Gasteiger partial charge in [-0.25, -0.2) is 4.90 Å². The number of hydrogen-bond acceptors (Lipinski definition) is 5. The smallest absolute Gasteiger partial charge is 0.251 e. The monoisotopic (exact) mass is 333 g/mol. The number of carbonyl (C=O) groups excluding carboxylic acids is 3. The lowest BCUT2D eigenvalue weighted by Crippen LogP contribution is -2.45. The molecule has 1 aromatic rings. The maximum absolute atomic E-state index is 12.7. The van der Waals surface area contributed by atoms with Crippen LogP contribution in [-0.4, -0.2) is 53.3 Å². The summed E-state index contributed by atoms with van der Waals surface area (Å²) in [7, 11) is 0. The van der Waals surface area contributed by atoms with Gasteiger partial charge in [0.15, 0.2) is 0 Å². The van der Waals surface area contributed by atoms with Crippen LogP contribution in [0.2, 0.25) is 0 Å². The van der Waals surface area contributed by atoms with Gasteiger partial charge in [0.1, 0.15) is 0 Å². The second-order valence-corrected chi connectivity index (χ2v) is 6.89. The van der Waals surface area contributed by atoms with Crippen molar-refractivity contribution in [1.82, 2.24) is 4.90 Å². The first-order valence-corrected chi connectivity index (χ1v) is 8.78. The number of amides is 3. The van der Waals surface area contributed by atoms with Gasteiger partial charge in [-0.2, -0.15) is 11.8 Å². The second-order valence-electron chi connectivity index (χ2n) is 5.66. The molecule has 2 aliphatic heterocycles. The standard InChI is InChI=1S/C16H19N3O3S/c1-11(20)17-12-2-4-13(5-3-12)19-15(21)10-14(16(19)22)18-6-8-23-9-7-18/h2-5,14H,6-10H2,1H3,(H,17,20)/t14-/m0/s1. The zero-order valence-corrected chi connectivity index (χ0v) is 13.8. The van der Waals surface area contributed by atoms with E-state index in [-0.39, 0.29) is 30.2 Å². The summed E-state index contributed by atoms with van der Waals surface area (Å²) < 4.78 is 0. The van der Waals surface area contributed by atoms with E-state index in [1.165, 1.54) is 11.8 Å². The molecule has 0 bridgehead atoms. The van der Waals surface area contributed by atoms with Crippen molar-refractivity contribution in [3.8, 4) is 0 Å². The molecule has 7 heteroatoms. The Balaban J connectivity index is 1.75. The highest BCUT2D eigenvalue weighted by atomic mass is 32.2. The van der Waals surface area contributed by atoms with Crippen molar-refractivity contribution < 1.29 is 14.4 Å². The third-order valence-corrected chi connectivity index (χ3v) is 5.00. The van der Waals surface area contributed by atoms with Crippen molar-refractivity contribution in [2.45, 2.75) is 19.4 Å². The molecule has 0 saturated carbocycles. The molecular formula is C16H19N3O3S. The second kappa shape index (κ2) is 6.72. The van der Waals surface area contributed by atoms with Crippen LogP contribution in [0.15, 0.2) is 24.3 Å². The number of anilines is 2. The van der Waals surface area contributed by atoms with E-state index in [1.807, 2.05) is 11.8 Å². The molecule has 1 aromatic carbocycles. The number of carbonyl (C=O) groups is 3. The number of thioether (sulfide) groups is 1. The third-order valence-electron chi connectivity index (χ3n) is 4.06. The average Bonchev–Trinajstić information content (AvgIpc) is 2.83. The van der Waals surface area contributed by atoms with Gasteiger partial charge in [-0.15, -0.1) is 0 Å². The van der Waals surface area contributed by atoms with Gasteiger partial charge in [-0.3, -0.25) is 19.3 Å². The van der Waals surface area contributed by atoms with Crippen molar-refractivity contribution in [3.63, 3.8) is 0 Å². The van der Waals surface area contributed by atoms with Crippen LogP contribution >= 0.6 is 11.8 Å². The Morgan fingerprint density at radius 3 is 2.43 bits per heavy atom. The Labute approximate surface area is 139 Å². The van der Waals surface area contributed by atoms with Crippen LogP contribution < -0.4 is 10.2 Å². The lowest BCUT2D eigenvalue weighted by atomic mass is 10.2. The van der Waals surface area contributed by atoms with Crippen molar-refractivity contribution in [2.75, 3.05) is 34.8 Å². The molecule has 23 heavy (non-hydrogen) atoms. The average molecular weight is 333 g/mol. The molecule has 2 saturated heterocycles. The van der Waals surface area contributed by atoms with Gasteiger partial charge >= 0.3 is 0 Å². The number of imide groups is 1. The fourth-order valence-electron chi connectivity index (χ4n) is 2.96. The number of nitrogens with zero attached hydrogens (tertiary/aromatic N) is 2. The van der Waals surface area contributed by atoms with Gasteiger partial charge in [0, 0.05) is 37.2 Å². The van der Waals surface area contributed by atoms with Crippen molar-refractivity contribution >= 4 is 40.9 Å². The molecule has 0 aromatic heterocycles. The van der Waals surface area contributed by atoms with E-state index >= 15 is 0 Å². The molecular weight excluding hydrogens is 314 g/mol. The summed E-state index contributed by atoms with van der Waals surface area (Å²) >= 11 is 1.88. The first-order chi connectivity index (χ1) is 11.1. The van der Waals surface area contributed by atoms with Crippen LogP contribution in [0.4, 0.5) is 11.4 Å². The van der Waals surface area contributed by atoms with Gasteiger partial charge in [-0.05, 0) is 24.3 Å². The Kier molecular flexibility index (Phi) is 4.68. The van der Waals surface area contributed by atoms with Crippen LogP contribution in [0.5, 0.6) is 0 Å². The highest BCUT2D eigenvalue weighted by Crippen LogP contribution is 2.28. The van der Waals surface area contributed by atoms with Crippen molar-refractivity contribution in [1.29, 1.82) is 0 Å². The SMILES string of the molecule is CC(=O)Nc1ccc(N2C(=O)C[C@H](N3CCSCC3)C2=O)cc1. The quantitative estimate of drug-likeness (QED) is 0.845. The van der Waals surface area contributed by atoms with Gasteiger partial charge < -0.3 is 5.32 Å². The Morgan fingerprint density at radius 2 is 1.83 bits per heavy atom. The molecule has 2 fully saturated rings. The van der Waals surface area contributed by atoms with Crippen molar-refractivity contribution in [2.24, 2.45) is 0 Å². The minimum Gasteiger partial charge on any atom is -0.326 e. The highest BCUT2D eigenvalue weighted by molar-refractivity contribution is 7.99. The molecule has 2 heterocycles. The lowest BCUT2D eigenvalue weighted by molar-refractivity contribution is -0.123. The van der Waals surface area contributed by atoms with E-state index in [0.717, 1.165) is 24.6 Å². The molecule has 0 radical (unpaired) electrons. The molecule has 6 nitrogen and oxygen atoms in total. The number of nitrogens with one attached hydrogen (secondary N) is 1. The van der Waals surface area contributed by atoms with Crippen LogP contribution in [0.25, 0.3) is 0 Å². The van der Waals surface area contributed by atoms with Crippen LogP contribution in [0.3, 0.4) is 0 Å². The number of rotatable bonds is 3. The highest BCUT2D eigenvalue weighted by Gasteiger charge is 2.42. The summed E-state index contributed by atoms with van der Waals surface area (Å²) in [6.07, 6.45) is 0.247. The summed E-state index contributed by atoms with van der Waals surface area (Å²) in [6, 6.07) is 6.44. The molecule has 3 rings (SSSR count). The predicted molar refractivity (Wildman–Crippen MR) is 90.5 cm³/mol. The predicted octanol–water partition coefficient (Wildman–Crippen LogP) is 1.33. The van der Waals surface area contributed by atoms with Gasteiger partial charge in [-0.1, -0.05) is 0 Å². The van der Waals surface area contributed by atoms with Gasteiger partial charge in [0.25, 0.3) is 5.91 Å². The fourth-order valence-corrected chi connectivity index (χ4v) is 3.89. The zero-order chi connectivity index (χ0) is 16.4. The first kappa shape index (κ1) is 16.0. The Bertz CT molecular complexity index is 626. The summed E-state index contributed by atoms with van der Waals surface area (Å²) in [6.45, 7) is 3.14. The van der Waals surface area contributed by atoms with Crippen molar-refractivity contribution in [3.05, 3.63) is 24.3 Å². The minimum atomic E-state index is -0.335. The van der Waals surface area contributed by atoms with Gasteiger partial charge in [0.05, 0.1) is 18.2 Å². The summed E-state index contributed by atoms with van der Waals surface area (Å²) in [5.41, 5.74) is 1.20. The van der Waals surface area contributed by atoms with E-state index in [2.05, 4.69) is 10.2 Å². The zero-order valence-electron chi connectivity index (χ0n) is 12.9. The molecule has 1 N–H and O–H groups in total. The molecule has 0 spiro atoms. The fraction of sp³-hybridized carbons (Fsp3) is 0.438. The summed E-state index contributed by atoms with van der Waals surface area (Å²) in [4.78, 5) is 39.4. The third kappa shape index (κ3) is 3.40. The molecule has 1 atom stereocenters. The summed E-state index contributed by atoms with van der Waals surface area (Å²) in [5, 5.41) is 2.67. The lowest BCUT2D eigenvalue weighted by Gasteiger charge is -2.30. The minimum absolute atomic E-state index is 0.144. The largest absolute Gasteiger partial charge is 0.326 e. The van der Waals surface area contributed by atoms with Crippen LogP contribution in [0, 0.1) is 0 Å². The van der Waals surface area contributed by atoms with E-state index in [1.54, 1.807) is 24.3 Å². The first-order valence-electron chi connectivity index (χ1n) is 7.62. The van der Waals surface area contributed by atoms with Gasteiger partial charge in [0.2, 0.25) is 11.8 Å². The molecule has 0 unspecified atom stereocenters. The molecule has 0 aliphatic carbocycles. The Hall–Kier alpha value is -1.86.